The Bertz CT molecular complexity index is 418. The van der Waals surface area contributed by atoms with Crippen molar-refractivity contribution < 1.29 is 9.53 Å². The zero-order chi connectivity index (χ0) is 13.0. The van der Waals surface area contributed by atoms with Gasteiger partial charge in [0.2, 0.25) is 0 Å². The smallest absolute Gasteiger partial charge is 0.414 e. The number of hydrogen-bond donors (Lipinski definition) is 1. The zero-order valence-corrected chi connectivity index (χ0v) is 10.8. The molecule has 1 aromatic heterocycles. The van der Waals surface area contributed by atoms with E-state index in [4.69, 9.17) is 4.74 Å². The highest BCUT2D eigenvalue weighted by Crippen LogP contribution is 2.10. The summed E-state index contributed by atoms with van der Waals surface area (Å²) in [5.74, 6) is 1.19. The fourth-order valence-electron chi connectivity index (χ4n) is 1.75. The van der Waals surface area contributed by atoms with Gasteiger partial charge in [0, 0.05) is 6.54 Å². The van der Waals surface area contributed by atoms with Gasteiger partial charge in [0.15, 0.2) is 0 Å². The van der Waals surface area contributed by atoms with Gasteiger partial charge in [-0.25, -0.2) is 9.48 Å². The number of nitrogens with one attached hydrogen (secondary N) is 1. The fraction of sp³-hybridized carbons (Fsp3) is 0.727. The van der Waals surface area contributed by atoms with Gasteiger partial charge in [-0.1, -0.05) is 13.3 Å². The van der Waals surface area contributed by atoms with E-state index in [0.29, 0.717) is 12.6 Å². The van der Waals surface area contributed by atoms with Crippen LogP contribution >= 0.6 is 0 Å². The van der Waals surface area contributed by atoms with Crippen molar-refractivity contribution in [2.75, 3.05) is 25.5 Å². The van der Waals surface area contributed by atoms with Crippen LogP contribution in [-0.2, 0) is 17.8 Å². The van der Waals surface area contributed by atoms with Crippen LogP contribution in [0.3, 0.4) is 0 Å². The number of fused-ring (bicyclic) bond motifs is 1. The Morgan fingerprint density at radius 2 is 2.33 bits per heavy atom. The number of unbranched alkanes of at least 4 members (excludes halogenated alkanes) is 1. The van der Waals surface area contributed by atoms with Crippen molar-refractivity contribution in [2.45, 2.75) is 32.9 Å². The Kier molecular flexibility index (Phi) is 4.14. The van der Waals surface area contributed by atoms with Crippen LogP contribution in [0, 0.1) is 0 Å². The number of ether oxygens (including phenoxy) is 1. The molecule has 0 fully saturated rings. The molecule has 1 N–H and O–H groups in total. The molecule has 100 valence electrons. The molecule has 1 aromatic rings. The number of amides is 1. The number of aromatic nitrogens is 3. The molecular weight excluding hydrogens is 234 g/mol. The molecule has 0 radical (unpaired) electrons. The van der Waals surface area contributed by atoms with Crippen molar-refractivity contribution in [1.29, 1.82) is 0 Å². The van der Waals surface area contributed by atoms with Crippen molar-refractivity contribution in [2.24, 2.45) is 0 Å². The molecule has 1 aliphatic heterocycles. The molecule has 2 rings (SSSR count). The van der Waals surface area contributed by atoms with Crippen molar-refractivity contribution in [3.05, 3.63) is 5.82 Å². The van der Waals surface area contributed by atoms with Gasteiger partial charge in [0.05, 0.1) is 19.7 Å². The first-order chi connectivity index (χ1) is 8.69. The molecule has 1 amide bonds. The Morgan fingerprint density at radius 1 is 1.50 bits per heavy atom. The second kappa shape index (κ2) is 5.81. The van der Waals surface area contributed by atoms with Crippen molar-refractivity contribution in [3.8, 4) is 0 Å². The maximum absolute atomic E-state index is 11.4. The minimum atomic E-state index is -0.486. The van der Waals surface area contributed by atoms with Gasteiger partial charge in [0.25, 0.3) is 5.95 Å². The summed E-state index contributed by atoms with van der Waals surface area (Å²) in [4.78, 5) is 17.9. The summed E-state index contributed by atoms with van der Waals surface area (Å²) in [6.07, 6.45) is 1.38. The first kappa shape index (κ1) is 12.8. The summed E-state index contributed by atoms with van der Waals surface area (Å²) in [6.45, 7) is 4.96. The van der Waals surface area contributed by atoms with Crippen LogP contribution in [0.25, 0.3) is 0 Å². The largest absolute Gasteiger partial charge is 0.449 e. The van der Waals surface area contributed by atoms with Crippen LogP contribution in [0.15, 0.2) is 0 Å². The van der Waals surface area contributed by atoms with Gasteiger partial charge in [-0.3, -0.25) is 10.2 Å². The number of hydrogen-bond acceptors (Lipinski definition) is 5. The predicted molar refractivity (Wildman–Crippen MR) is 66.2 cm³/mol. The summed E-state index contributed by atoms with van der Waals surface area (Å²) in [5.41, 5.74) is 0. The van der Waals surface area contributed by atoms with E-state index in [9.17, 15) is 4.79 Å². The molecule has 2 heterocycles. The Balaban J connectivity index is 1.88. The lowest BCUT2D eigenvalue weighted by molar-refractivity contribution is 0.159. The molecule has 0 saturated heterocycles. The predicted octanol–water partition coefficient (Wildman–Crippen LogP) is 1.07. The number of carbonyl (C=O) groups excluding carboxylic acids is 1. The molecule has 18 heavy (non-hydrogen) atoms. The van der Waals surface area contributed by atoms with E-state index >= 15 is 0 Å². The van der Waals surface area contributed by atoms with Gasteiger partial charge < -0.3 is 4.74 Å². The average molecular weight is 253 g/mol. The highest BCUT2D eigenvalue weighted by atomic mass is 16.5. The quantitative estimate of drug-likeness (QED) is 0.813. The Hall–Kier alpha value is -1.63. The maximum Gasteiger partial charge on any atom is 0.414 e. The Labute approximate surface area is 106 Å². The van der Waals surface area contributed by atoms with Gasteiger partial charge >= 0.3 is 6.09 Å². The summed E-state index contributed by atoms with van der Waals surface area (Å²) in [5, 5.41) is 6.77. The van der Waals surface area contributed by atoms with E-state index in [1.54, 1.807) is 0 Å². The van der Waals surface area contributed by atoms with Gasteiger partial charge in [-0.2, -0.15) is 4.98 Å². The van der Waals surface area contributed by atoms with E-state index in [1.807, 2.05) is 18.7 Å². The summed E-state index contributed by atoms with van der Waals surface area (Å²) >= 11 is 0. The SMILES string of the molecule is CCCCOC(=O)Nc1nc2n(n1)CCN(C)C2. The van der Waals surface area contributed by atoms with E-state index in [0.717, 1.165) is 38.3 Å². The van der Waals surface area contributed by atoms with Crippen molar-refractivity contribution in [1.82, 2.24) is 19.7 Å². The monoisotopic (exact) mass is 253 g/mol. The molecule has 0 bridgehead atoms. The molecule has 0 aromatic carbocycles. The molecule has 7 heteroatoms. The number of carbonyl (C=O) groups is 1. The van der Waals surface area contributed by atoms with Crippen molar-refractivity contribution >= 4 is 12.0 Å². The number of likely N-dealkylation sites (N-methyl/N-ethyl adjacent to an activating group) is 1. The van der Waals surface area contributed by atoms with E-state index in [-0.39, 0.29) is 0 Å². The third-order valence-electron chi connectivity index (χ3n) is 2.80. The van der Waals surface area contributed by atoms with Crippen LogP contribution in [-0.4, -0.2) is 46.0 Å². The lowest BCUT2D eigenvalue weighted by Crippen LogP contribution is -2.30. The highest BCUT2D eigenvalue weighted by Gasteiger charge is 2.18. The fourth-order valence-corrected chi connectivity index (χ4v) is 1.75. The summed E-state index contributed by atoms with van der Waals surface area (Å²) < 4.78 is 6.81. The standard InChI is InChI=1S/C11H19N5O2/c1-3-4-7-18-11(17)13-10-12-9-8-15(2)5-6-16(9)14-10/h3-8H2,1-2H3,(H,13,14,17). The normalized spacial score (nSPS) is 15.2. The molecular formula is C11H19N5O2. The Morgan fingerprint density at radius 3 is 3.11 bits per heavy atom. The van der Waals surface area contributed by atoms with Crippen LogP contribution in [0.1, 0.15) is 25.6 Å². The average Bonchev–Trinajstić information content (AvgIpc) is 2.70. The number of nitrogens with zero attached hydrogens (tertiary/aromatic N) is 4. The van der Waals surface area contributed by atoms with Gasteiger partial charge in [-0.15, -0.1) is 5.10 Å². The minimum absolute atomic E-state index is 0.321. The topological polar surface area (TPSA) is 72.3 Å². The lowest BCUT2D eigenvalue weighted by Gasteiger charge is -2.21. The molecule has 0 spiro atoms. The van der Waals surface area contributed by atoms with Gasteiger partial charge in [0.1, 0.15) is 5.82 Å². The molecule has 1 aliphatic rings. The zero-order valence-electron chi connectivity index (χ0n) is 10.8. The van der Waals surface area contributed by atoms with E-state index in [2.05, 4.69) is 20.3 Å². The molecule has 0 atom stereocenters. The van der Waals surface area contributed by atoms with E-state index in [1.165, 1.54) is 0 Å². The second-order valence-electron chi connectivity index (χ2n) is 4.43. The first-order valence-electron chi connectivity index (χ1n) is 6.25. The highest BCUT2D eigenvalue weighted by molar-refractivity contribution is 5.82. The third kappa shape index (κ3) is 3.19. The third-order valence-corrected chi connectivity index (χ3v) is 2.80. The number of anilines is 1. The van der Waals surface area contributed by atoms with Crippen LogP contribution < -0.4 is 5.32 Å². The molecule has 0 saturated carbocycles. The summed E-state index contributed by atoms with van der Waals surface area (Å²) in [6, 6.07) is 0. The summed E-state index contributed by atoms with van der Waals surface area (Å²) in [7, 11) is 2.03. The van der Waals surface area contributed by atoms with Gasteiger partial charge in [-0.05, 0) is 13.5 Å². The lowest BCUT2D eigenvalue weighted by atomic mass is 10.4. The molecule has 0 unspecified atom stereocenters. The maximum atomic E-state index is 11.4. The first-order valence-corrected chi connectivity index (χ1v) is 6.25. The van der Waals surface area contributed by atoms with Crippen LogP contribution in [0.4, 0.5) is 10.7 Å². The molecule has 7 nitrogen and oxygen atoms in total. The van der Waals surface area contributed by atoms with E-state index < -0.39 is 6.09 Å². The minimum Gasteiger partial charge on any atom is -0.449 e. The van der Waals surface area contributed by atoms with Crippen molar-refractivity contribution in [3.63, 3.8) is 0 Å². The van der Waals surface area contributed by atoms with Crippen LogP contribution in [0.2, 0.25) is 0 Å². The number of rotatable bonds is 4. The second-order valence-corrected chi connectivity index (χ2v) is 4.43. The van der Waals surface area contributed by atoms with Crippen LogP contribution in [0.5, 0.6) is 0 Å². The molecule has 0 aliphatic carbocycles.